The van der Waals surface area contributed by atoms with Crippen LogP contribution in [0.3, 0.4) is 0 Å². The smallest absolute Gasteiger partial charge is 0.00178 e. The molecule has 2 heteroatoms. The number of hydrogen-bond donors (Lipinski definition) is 2. The first kappa shape index (κ1) is 28.0. The summed E-state index contributed by atoms with van der Waals surface area (Å²) in [6, 6.07) is 0. The van der Waals surface area contributed by atoms with Crippen LogP contribution >= 0.6 is 0 Å². The van der Waals surface area contributed by atoms with Gasteiger partial charge in [0.25, 0.3) is 0 Å². The van der Waals surface area contributed by atoms with Crippen LogP contribution in [0, 0.1) is 11.8 Å². The molecule has 0 bridgehead atoms. The zero-order valence-electron chi connectivity index (χ0n) is 21.1. The highest BCUT2D eigenvalue weighted by Gasteiger charge is 2.35. The van der Waals surface area contributed by atoms with Crippen LogP contribution in [-0.2, 0) is 0 Å². The van der Waals surface area contributed by atoms with Crippen LogP contribution in [0.4, 0.5) is 0 Å². The van der Waals surface area contributed by atoms with Crippen LogP contribution in [0.2, 0.25) is 0 Å². The Balaban J connectivity index is 1.67. The highest BCUT2D eigenvalue weighted by atomic mass is 14.9. The van der Waals surface area contributed by atoms with E-state index in [-0.39, 0.29) is 0 Å². The standard InChI is InChI=1S/C28H58N2/c1-3-5-7-9-10-11-12-15-18-22-29-23-19-16-13-17-21-27-25-28(27)26-30-24-20-14-8-6-4-2/h27-30H,3-26H2,1-2H3/t27-,28+/m1/s1. The number of hydrogen-bond acceptors (Lipinski definition) is 2. The number of nitrogens with one attached hydrogen (secondary N) is 2. The second-order valence-electron chi connectivity index (χ2n) is 10.2. The van der Waals surface area contributed by atoms with Gasteiger partial charge in [0, 0.05) is 0 Å². The van der Waals surface area contributed by atoms with Crippen molar-refractivity contribution >= 4 is 0 Å². The highest BCUT2D eigenvalue weighted by molar-refractivity contribution is 4.87. The molecule has 180 valence electrons. The molecule has 0 radical (unpaired) electrons. The molecule has 0 amide bonds. The van der Waals surface area contributed by atoms with E-state index >= 15 is 0 Å². The normalized spacial score (nSPS) is 18.2. The van der Waals surface area contributed by atoms with Crippen molar-refractivity contribution in [3.8, 4) is 0 Å². The fourth-order valence-corrected chi connectivity index (χ4v) is 4.75. The molecule has 0 spiro atoms. The molecule has 0 heterocycles. The third kappa shape index (κ3) is 18.7. The molecule has 1 aliphatic carbocycles. The van der Waals surface area contributed by atoms with Gasteiger partial charge in [-0.25, -0.2) is 0 Å². The summed E-state index contributed by atoms with van der Waals surface area (Å²) < 4.78 is 0. The van der Waals surface area contributed by atoms with Crippen molar-refractivity contribution in [3.63, 3.8) is 0 Å². The molecule has 1 aliphatic rings. The molecular formula is C28H58N2. The minimum Gasteiger partial charge on any atom is -0.317 e. The maximum absolute atomic E-state index is 3.70. The van der Waals surface area contributed by atoms with Crippen LogP contribution in [0.1, 0.15) is 142 Å². The minimum atomic E-state index is 1.01. The highest BCUT2D eigenvalue weighted by Crippen LogP contribution is 2.41. The Morgan fingerprint density at radius 1 is 0.467 bits per heavy atom. The fourth-order valence-electron chi connectivity index (χ4n) is 4.75. The van der Waals surface area contributed by atoms with E-state index in [1.807, 2.05) is 0 Å². The van der Waals surface area contributed by atoms with E-state index < -0.39 is 0 Å². The first-order valence-corrected chi connectivity index (χ1v) is 14.3. The zero-order chi connectivity index (χ0) is 21.5. The number of unbranched alkanes of at least 4 members (excludes halogenated alkanes) is 15. The van der Waals surface area contributed by atoms with Crippen LogP contribution < -0.4 is 10.6 Å². The van der Waals surface area contributed by atoms with E-state index in [1.165, 1.54) is 155 Å². The summed E-state index contributed by atoms with van der Waals surface area (Å²) in [4.78, 5) is 0. The van der Waals surface area contributed by atoms with Crippen LogP contribution in [-0.4, -0.2) is 26.2 Å². The Morgan fingerprint density at radius 3 is 1.43 bits per heavy atom. The van der Waals surface area contributed by atoms with Crippen molar-refractivity contribution in [1.29, 1.82) is 0 Å². The van der Waals surface area contributed by atoms with Gasteiger partial charge in [0.1, 0.15) is 0 Å². The SMILES string of the molecule is CCCCCCCCCCCNCCCCCC[C@@H]1C[C@H]1CNCCCCCCC. The summed E-state index contributed by atoms with van der Waals surface area (Å²) >= 11 is 0. The lowest BCUT2D eigenvalue weighted by Gasteiger charge is -2.06. The fraction of sp³-hybridized carbons (Fsp3) is 1.00. The molecule has 2 nitrogen and oxygen atoms in total. The van der Waals surface area contributed by atoms with Gasteiger partial charge in [-0.05, 0) is 63.7 Å². The van der Waals surface area contributed by atoms with Gasteiger partial charge in [0.05, 0.1) is 0 Å². The van der Waals surface area contributed by atoms with E-state index in [4.69, 9.17) is 0 Å². The molecule has 0 aliphatic heterocycles. The van der Waals surface area contributed by atoms with Crippen molar-refractivity contribution in [2.45, 2.75) is 142 Å². The summed E-state index contributed by atoms with van der Waals surface area (Å²) in [5.41, 5.74) is 0. The predicted molar refractivity (Wildman–Crippen MR) is 136 cm³/mol. The van der Waals surface area contributed by atoms with Gasteiger partial charge in [-0.3, -0.25) is 0 Å². The predicted octanol–water partition coefficient (Wildman–Crippen LogP) is 8.25. The van der Waals surface area contributed by atoms with Gasteiger partial charge in [-0.15, -0.1) is 0 Å². The quantitative estimate of drug-likeness (QED) is 0.145. The Bertz CT molecular complexity index is 331. The lowest BCUT2D eigenvalue weighted by molar-refractivity contribution is 0.514. The molecule has 2 atom stereocenters. The Morgan fingerprint density at radius 2 is 0.900 bits per heavy atom. The Kier molecular flexibility index (Phi) is 20.6. The van der Waals surface area contributed by atoms with Crippen LogP contribution in [0.25, 0.3) is 0 Å². The van der Waals surface area contributed by atoms with Gasteiger partial charge in [-0.2, -0.15) is 0 Å². The molecule has 0 aromatic carbocycles. The van der Waals surface area contributed by atoms with E-state index in [1.54, 1.807) is 0 Å². The summed E-state index contributed by atoms with van der Waals surface area (Å²) in [5, 5.41) is 7.36. The maximum atomic E-state index is 3.70. The molecule has 0 aromatic rings. The monoisotopic (exact) mass is 422 g/mol. The maximum Gasteiger partial charge on any atom is -0.00178 e. The third-order valence-corrected chi connectivity index (χ3v) is 7.07. The summed E-state index contributed by atoms with van der Waals surface area (Å²) in [6.07, 6.45) is 28.6. The molecule has 1 saturated carbocycles. The second kappa shape index (κ2) is 22.1. The van der Waals surface area contributed by atoms with Crippen molar-refractivity contribution in [3.05, 3.63) is 0 Å². The largest absolute Gasteiger partial charge is 0.317 e. The summed E-state index contributed by atoms with van der Waals surface area (Å²) in [7, 11) is 0. The lowest BCUT2D eigenvalue weighted by Crippen LogP contribution is -2.18. The molecule has 0 unspecified atom stereocenters. The number of rotatable bonds is 25. The van der Waals surface area contributed by atoms with E-state index in [0.29, 0.717) is 0 Å². The van der Waals surface area contributed by atoms with Gasteiger partial charge in [0.2, 0.25) is 0 Å². The molecule has 30 heavy (non-hydrogen) atoms. The van der Waals surface area contributed by atoms with Crippen molar-refractivity contribution in [2.24, 2.45) is 11.8 Å². The Hall–Kier alpha value is -0.0800. The van der Waals surface area contributed by atoms with Crippen molar-refractivity contribution in [1.82, 2.24) is 10.6 Å². The van der Waals surface area contributed by atoms with Gasteiger partial charge < -0.3 is 10.6 Å². The third-order valence-electron chi connectivity index (χ3n) is 7.07. The first-order valence-electron chi connectivity index (χ1n) is 14.3. The lowest BCUT2D eigenvalue weighted by atomic mass is 10.1. The van der Waals surface area contributed by atoms with E-state index in [0.717, 1.165) is 11.8 Å². The molecular weight excluding hydrogens is 364 g/mol. The molecule has 0 aromatic heterocycles. The van der Waals surface area contributed by atoms with E-state index in [2.05, 4.69) is 24.5 Å². The summed E-state index contributed by atoms with van der Waals surface area (Å²) in [5.74, 6) is 2.07. The van der Waals surface area contributed by atoms with Gasteiger partial charge in [-0.1, -0.05) is 117 Å². The molecule has 2 N–H and O–H groups in total. The van der Waals surface area contributed by atoms with Crippen molar-refractivity contribution < 1.29 is 0 Å². The Labute approximate surface area is 191 Å². The van der Waals surface area contributed by atoms with E-state index in [9.17, 15) is 0 Å². The van der Waals surface area contributed by atoms with Crippen LogP contribution in [0.15, 0.2) is 0 Å². The second-order valence-corrected chi connectivity index (χ2v) is 10.2. The van der Waals surface area contributed by atoms with Gasteiger partial charge >= 0.3 is 0 Å². The average Bonchev–Trinajstić information content (AvgIpc) is 3.51. The zero-order valence-corrected chi connectivity index (χ0v) is 21.1. The summed E-state index contributed by atoms with van der Waals surface area (Å²) in [6.45, 7) is 9.62. The average molecular weight is 423 g/mol. The first-order chi connectivity index (χ1) is 14.9. The van der Waals surface area contributed by atoms with Crippen LogP contribution in [0.5, 0.6) is 0 Å². The topological polar surface area (TPSA) is 24.1 Å². The molecule has 1 rings (SSSR count). The van der Waals surface area contributed by atoms with Crippen molar-refractivity contribution in [2.75, 3.05) is 26.2 Å². The van der Waals surface area contributed by atoms with Gasteiger partial charge in [0.15, 0.2) is 0 Å². The minimum absolute atomic E-state index is 1.01. The molecule has 1 fully saturated rings. The molecule has 0 saturated heterocycles.